The van der Waals surface area contributed by atoms with Crippen molar-refractivity contribution in [2.24, 2.45) is 0 Å². The first-order chi connectivity index (χ1) is 21.2. The van der Waals surface area contributed by atoms with Gasteiger partial charge in [-0.3, -0.25) is 0 Å². The van der Waals surface area contributed by atoms with E-state index in [-0.39, 0.29) is 12.8 Å². The van der Waals surface area contributed by atoms with Gasteiger partial charge in [0.15, 0.2) is 0 Å². The molecular formula is C30H25F12O3P. The van der Waals surface area contributed by atoms with E-state index in [1.165, 1.54) is 18.2 Å². The van der Waals surface area contributed by atoms with E-state index in [0.717, 1.165) is 36.4 Å². The van der Waals surface area contributed by atoms with Gasteiger partial charge in [-0.25, -0.2) is 0 Å². The Morgan fingerprint density at radius 3 is 1.35 bits per heavy atom. The summed E-state index contributed by atoms with van der Waals surface area (Å²) in [7, 11) is -7.24. The Morgan fingerprint density at radius 1 is 0.609 bits per heavy atom. The number of hydrogen-bond donors (Lipinski definition) is 1. The van der Waals surface area contributed by atoms with Crippen LogP contribution in [0.25, 0.3) is 0 Å². The van der Waals surface area contributed by atoms with Crippen molar-refractivity contribution < 1.29 is 66.8 Å². The average molecular weight is 692 g/mol. The van der Waals surface area contributed by atoms with Crippen LogP contribution in [-0.2, 0) is 20.2 Å². The number of alkyl halides is 12. The molecule has 5 rings (SSSR count). The average Bonchev–Trinajstić information content (AvgIpc) is 3.41. The standard InChI is InChI=1S/C30H25F12O3P/c1-2-3-15-21(43)24(18-11-5-4-6-12-18)46(22-16-9-7-13-19(22)25(44-46,27(31,32)33)28(34,35)36)23-17-10-8-14-20(23)26(45-46,29(37,38)39)30(40,41)42/h4-14,16-17,21,24,43H,2-3,15H2,1H3/t21-,24+/m0/s1. The van der Waals surface area contributed by atoms with E-state index in [9.17, 15) is 5.11 Å². The SMILES string of the molecule is CCCC[C@H](O)[C@@H](c1ccccc1)P12(OC(C(F)(F)F)(C(F)(F)F)c3ccccc31)OC(C(F)(F)F)(C(F)(F)F)c1ccccc12. The van der Waals surface area contributed by atoms with Gasteiger partial charge in [0.25, 0.3) is 0 Å². The first-order valence-electron chi connectivity index (χ1n) is 13.8. The van der Waals surface area contributed by atoms with Gasteiger partial charge in [-0.15, -0.1) is 0 Å². The predicted molar refractivity (Wildman–Crippen MR) is 144 cm³/mol. The zero-order valence-corrected chi connectivity index (χ0v) is 24.4. The minimum atomic E-state index is -7.24. The molecule has 0 amide bonds. The van der Waals surface area contributed by atoms with Gasteiger partial charge in [0.2, 0.25) is 0 Å². The quantitative estimate of drug-likeness (QED) is 0.207. The van der Waals surface area contributed by atoms with Gasteiger partial charge in [0.1, 0.15) is 0 Å². The van der Waals surface area contributed by atoms with E-state index < -0.39 is 88.4 Å². The predicted octanol–water partition coefficient (Wildman–Crippen LogP) is 9.01. The maximum absolute atomic E-state index is 15.1. The number of unbranched alkanes of at least 4 members (excludes halogenated alkanes) is 1. The first kappa shape index (κ1) is 34.5. The van der Waals surface area contributed by atoms with Crippen LogP contribution in [0.3, 0.4) is 0 Å². The molecule has 2 aliphatic heterocycles. The third kappa shape index (κ3) is 4.23. The summed E-state index contributed by atoms with van der Waals surface area (Å²) in [6.45, 7) is 1.61. The van der Waals surface area contributed by atoms with E-state index in [0.29, 0.717) is 24.3 Å². The Kier molecular flexibility index (Phi) is 7.92. The van der Waals surface area contributed by atoms with Gasteiger partial charge in [-0.1, -0.05) is 0 Å². The summed E-state index contributed by atoms with van der Waals surface area (Å²) in [5.74, 6) is 0. The number of benzene rings is 3. The molecule has 2 aliphatic rings. The van der Waals surface area contributed by atoms with Crippen LogP contribution in [0.1, 0.15) is 48.5 Å². The fourth-order valence-electron chi connectivity index (χ4n) is 6.85. The fraction of sp³-hybridized carbons (Fsp3) is 0.400. The van der Waals surface area contributed by atoms with Gasteiger partial charge >= 0.3 is 254 Å². The molecule has 3 aromatic carbocycles. The molecule has 0 unspecified atom stereocenters. The van der Waals surface area contributed by atoms with Gasteiger partial charge in [-0.05, 0) is 0 Å². The van der Waals surface area contributed by atoms with Crippen LogP contribution in [0, 0.1) is 0 Å². The normalized spacial score (nSPS) is 22.0. The fourth-order valence-corrected chi connectivity index (χ4v) is 13.7. The Morgan fingerprint density at radius 2 is 0.978 bits per heavy atom. The maximum atomic E-state index is 15.1. The molecule has 2 heterocycles. The van der Waals surface area contributed by atoms with Crippen molar-refractivity contribution in [3.63, 3.8) is 0 Å². The van der Waals surface area contributed by atoms with Crippen LogP contribution in [0.4, 0.5) is 52.7 Å². The molecule has 0 saturated carbocycles. The summed E-state index contributed by atoms with van der Waals surface area (Å²) < 4.78 is 192. The third-order valence-electron chi connectivity index (χ3n) is 8.58. The van der Waals surface area contributed by atoms with E-state index >= 15 is 52.7 Å². The van der Waals surface area contributed by atoms with Crippen LogP contribution in [0.5, 0.6) is 0 Å². The van der Waals surface area contributed by atoms with Gasteiger partial charge < -0.3 is 0 Å². The molecule has 1 N–H and O–H groups in total. The monoisotopic (exact) mass is 692 g/mol. The molecule has 2 atom stereocenters. The van der Waals surface area contributed by atoms with Crippen LogP contribution in [-0.4, -0.2) is 35.9 Å². The molecule has 0 radical (unpaired) electrons. The summed E-state index contributed by atoms with van der Waals surface area (Å²) in [5, 5.41) is 9.13. The second-order valence-corrected chi connectivity index (χ2v) is 15.1. The Labute approximate surface area is 254 Å². The molecule has 252 valence electrons. The molecule has 46 heavy (non-hydrogen) atoms. The molecule has 0 bridgehead atoms. The van der Waals surface area contributed by atoms with E-state index in [1.807, 2.05) is 0 Å². The van der Waals surface area contributed by atoms with E-state index in [2.05, 4.69) is 0 Å². The Hall–Kier alpha value is -2.87. The molecule has 0 aliphatic carbocycles. The van der Waals surface area contributed by atoms with Crippen molar-refractivity contribution in [2.75, 3.05) is 0 Å². The van der Waals surface area contributed by atoms with Crippen LogP contribution in [0.2, 0.25) is 0 Å². The van der Waals surface area contributed by atoms with Crippen molar-refractivity contribution in [3.05, 3.63) is 95.6 Å². The summed E-state index contributed by atoms with van der Waals surface area (Å²) in [6, 6.07) is 10.8. The molecule has 3 aromatic rings. The zero-order chi connectivity index (χ0) is 34.2. The van der Waals surface area contributed by atoms with Gasteiger partial charge in [-0.2, -0.15) is 0 Å². The third-order valence-corrected chi connectivity index (χ3v) is 14.1. The Balaban J connectivity index is 2.13. The number of hydrogen-bond acceptors (Lipinski definition) is 3. The van der Waals surface area contributed by atoms with Crippen LogP contribution >= 0.6 is 7.06 Å². The second-order valence-electron chi connectivity index (χ2n) is 11.2. The minimum absolute atomic E-state index is 0.0354. The van der Waals surface area contributed by atoms with Gasteiger partial charge in [0.05, 0.1) is 0 Å². The zero-order valence-electron chi connectivity index (χ0n) is 23.5. The van der Waals surface area contributed by atoms with Crippen molar-refractivity contribution >= 4 is 17.7 Å². The number of aliphatic hydroxyl groups excluding tert-OH is 1. The van der Waals surface area contributed by atoms with E-state index in [1.54, 1.807) is 6.92 Å². The summed E-state index contributed by atoms with van der Waals surface area (Å²) in [4.78, 5) is 0. The molecule has 0 saturated heterocycles. The Bertz CT molecular complexity index is 1480. The molecular weight excluding hydrogens is 667 g/mol. The number of rotatable bonds is 6. The molecule has 1 spiro atoms. The summed E-state index contributed by atoms with van der Waals surface area (Å²) in [6.07, 6.45) is -28.3. The molecule has 16 heteroatoms. The van der Waals surface area contributed by atoms with Crippen molar-refractivity contribution in [1.29, 1.82) is 0 Å². The van der Waals surface area contributed by atoms with Crippen molar-refractivity contribution in [1.82, 2.24) is 0 Å². The van der Waals surface area contributed by atoms with Crippen LogP contribution in [0.15, 0.2) is 78.9 Å². The van der Waals surface area contributed by atoms with Crippen LogP contribution < -0.4 is 10.6 Å². The van der Waals surface area contributed by atoms with E-state index in [4.69, 9.17) is 9.05 Å². The summed E-state index contributed by atoms with van der Waals surface area (Å²) in [5.41, 5.74) is -17.3. The number of fused-ring (bicyclic) bond motifs is 4. The van der Waals surface area contributed by atoms with Gasteiger partial charge in [0, 0.05) is 0 Å². The molecule has 0 fully saturated rings. The number of aliphatic hydroxyl groups is 1. The summed E-state index contributed by atoms with van der Waals surface area (Å²) >= 11 is 0. The molecule has 0 aromatic heterocycles. The second kappa shape index (κ2) is 10.6. The van der Waals surface area contributed by atoms with Crippen molar-refractivity contribution in [3.8, 4) is 0 Å². The molecule has 3 nitrogen and oxygen atoms in total. The first-order valence-corrected chi connectivity index (χ1v) is 15.9. The number of halogens is 12. The topological polar surface area (TPSA) is 38.7 Å². The van der Waals surface area contributed by atoms with Crippen molar-refractivity contribution in [2.45, 2.75) is 73.9 Å².